The van der Waals surface area contributed by atoms with Crippen molar-refractivity contribution in [1.29, 1.82) is 0 Å². The van der Waals surface area contributed by atoms with E-state index < -0.39 is 50.6 Å². The van der Waals surface area contributed by atoms with E-state index in [2.05, 4.69) is 16.3 Å². The number of aromatic nitrogens is 1. The highest BCUT2D eigenvalue weighted by molar-refractivity contribution is 7.90. The maximum absolute atomic E-state index is 14.7. The highest BCUT2D eigenvalue weighted by atomic mass is 32.2. The zero-order valence-corrected chi connectivity index (χ0v) is 31.5. The van der Waals surface area contributed by atoms with E-state index in [1.165, 1.54) is 0 Å². The predicted molar refractivity (Wildman–Crippen MR) is 196 cm³/mol. The number of fused-ring (bicyclic) bond motifs is 3. The number of esters is 1. The molecule has 6 atom stereocenters. The second-order valence-electron chi connectivity index (χ2n) is 16.0. The third-order valence-electron chi connectivity index (χ3n) is 12.2. The first kappa shape index (κ1) is 37.3. The number of sulfonamides is 1. The molecule has 13 heteroatoms. The Hall–Kier alpha value is -4.00. The van der Waals surface area contributed by atoms with E-state index in [4.69, 9.17) is 14.2 Å². The summed E-state index contributed by atoms with van der Waals surface area (Å²) >= 11 is 0. The molecular weight excluding hydrogens is 699 g/mol. The highest BCUT2D eigenvalue weighted by Gasteiger charge is 2.61. The molecule has 3 heterocycles. The third kappa shape index (κ3) is 7.82. The largest absolute Gasteiger partial charge is 0.496 e. The van der Waals surface area contributed by atoms with Crippen LogP contribution in [-0.4, -0.2) is 79.5 Å². The number of amides is 2. The number of pyridine rings is 1. The second-order valence-corrected chi connectivity index (χ2v) is 18.0. The summed E-state index contributed by atoms with van der Waals surface area (Å²) in [4.78, 5) is 62.3. The summed E-state index contributed by atoms with van der Waals surface area (Å²) in [7, 11) is -2.20. The van der Waals surface area contributed by atoms with E-state index in [0.29, 0.717) is 18.7 Å². The minimum absolute atomic E-state index is 0.0275. The van der Waals surface area contributed by atoms with Crippen molar-refractivity contribution in [1.82, 2.24) is 14.6 Å². The van der Waals surface area contributed by atoms with Gasteiger partial charge in [0.15, 0.2) is 5.78 Å². The highest BCUT2D eigenvalue weighted by Crippen LogP contribution is 2.57. The molecule has 4 bridgehead atoms. The van der Waals surface area contributed by atoms with Crippen LogP contribution in [0.4, 0.5) is 0 Å². The zero-order valence-electron chi connectivity index (χ0n) is 30.7. The number of rotatable bonds is 9. The Morgan fingerprint density at radius 1 is 1.13 bits per heavy atom. The Morgan fingerprint density at radius 2 is 1.91 bits per heavy atom. The van der Waals surface area contributed by atoms with E-state index in [-0.39, 0.29) is 68.3 Å². The Morgan fingerprint density at radius 3 is 2.60 bits per heavy atom. The summed E-state index contributed by atoms with van der Waals surface area (Å²) in [5.74, 6) is -1.59. The molecule has 12 nitrogen and oxygen atoms in total. The molecule has 0 spiro atoms. The summed E-state index contributed by atoms with van der Waals surface area (Å²) in [5, 5.41) is 1.08. The number of nitrogens with zero attached hydrogens (tertiary/aromatic N) is 2. The van der Waals surface area contributed by atoms with Crippen molar-refractivity contribution >= 4 is 44.4 Å². The van der Waals surface area contributed by atoms with Gasteiger partial charge in [-0.1, -0.05) is 25.8 Å². The van der Waals surface area contributed by atoms with Gasteiger partial charge in [0.05, 0.1) is 49.3 Å². The lowest BCUT2D eigenvalue weighted by Gasteiger charge is -2.31. The van der Waals surface area contributed by atoms with Crippen molar-refractivity contribution < 1.29 is 41.8 Å². The van der Waals surface area contributed by atoms with Crippen LogP contribution in [0, 0.1) is 29.1 Å². The van der Waals surface area contributed by atoms with Gasteiger partial charge in [-0.25, -0.2) is 13.4 Å². The number of hydrogen-bond acceptors (Lipinski definition) is 10. The molecule has 0 radical (unpaired) electrons. The van der Waals surface area contributed by atoms with Gasteiger partial charge in [0, 0.05) is 24.4 Å². The van der Waals surface area contributed by atoms with Crippen molar-refractivity contribution in [3.05, 3.63) is 42.6 Å². The normalized spacial score (nSPS) is 29.9. The number of nitrogens with one attached hydrogen (secondary N) is 1. The number of Topliss-reactive ketones (excluding diaryl/α,β-unsaturated/α-hetero) is 1. The molecule has 286 valence electrons. The number of ketones is 1. The summed E-state index contributed by atoms with van der Waals surface area (Å²) in [6.07, 6.45) is 9.68. The summed E-state index contributed by atoms with van der Waals surface area (Å²) in [6.45, 7) is 6.22. The van der Waals surface area contributed by atoms with Gasteiger partial charge < -0.3 is 19.1 Å². The number of carbonyl (C=O) groups excluding carboxylic acids is 4. The Bertz CT molecular complexity index is 1890. The van der Waals surface area contributed by atoms with Crippen molar-refractivity contribution in [2.24, 2.45) is 29.1 Å². The minimum atomic E-state index is -3.84. The molecule has 3 aliphatic carbocycles. The quantitative estimate of drug-likeness (QED) is 0.271. The average molecular weight is 750 g/mol. The van der Waals surface area contributed by atoms with Gasteiger partial charge in [-0.3, -0.25) is 23.9 Å². The van der Waals surface area contributed by atoms with Crippen LogP contribution in [0.2, 0.25) is 0 Å². The van der Waals surface area contributed by atoms with Gasteiger partial charge in [0.2, 0.25) is 27.7 Å². The molecule has 2 aromatic rings. The van der Waals surface area contributed by atoms with Gasteiger partial charge in [-0.2, -0.15) is 0 Å². The van der Waals surface area contributed by atoms with Crippen LogP contribution in [0.1, 0.15) is 89.5 Å². The van der Waals surface area contributed by atoms with Crippen molar-refractivity contribution in [3.8, 4) is 11.6 Å². The van der Waals surface area contributed by atoms with Crippen molar-refractivity contribution in [2.75, 3.05) is 20.3 Å². The van der Waals surface area contributed by atoms with Gasteiger partial charge in [-0.15, -0.1) is 6.58 Å². The first-order chi connectivity index (χ1) is 25.4. The first-order valence-electron chi connectivity index (χ1n) is 19.2. The molecular formula is C40H51N3O9S. The molecule has 1 saturated heterocycles. The van der Waals surface area contributed by atoms with E-state index in [1.807, 2.05) is 25.1 Å². The smallest absolute Gasteiger partial charge is 0.306 e. The Kier molecular flexibility index (Phi) is 10.6. The van der Waals surface area contributed by atoms with Gasteiger partial charge in [-0.05, 0) is 98.3 Å². The fourth-order valence-corrected chi connectivity index (χ4v) is 10.2. The molecule has 0 unspecified atom stereocenters. The van der Waals surface area contributed by atoms with Crippen molar-refractivity contribution in [3.63, 3.8) is 0 Å². The second kappa shape index (κ2) is 15.0. The lowest BCUT2D eigenvalue weighted by molar-refractivity contribution is -0.152. The van der Waals surface area contributed by atoms with Crippen LogP contribution in [0.25, 0.3) is 10.8 Å². The number of allylic oxidation sites excluding steroid dienone is 1. The van der Waals surface area contributed by atoms with E-state index in [1.54, 1.807) is 24.3 Å². The molecule has 2 amide bonds. The number of cyclic esters (lactones) is 1. The average Bonchev–Trinajstić information content (AvgIpc) is 4.01. The fourth-order valence-electron chi connectivity index (χ4n) is 8.82. The Balaban J connectivity index is 1.22. The zero-order chi connectivity index (χ0) is 37.5. The maximum Gasteiger partial charge on any atom is 0.306 e. The molecule has 1 N–H and O–H groups in total. The molecule has 4 fully saturated rings. The molecule has 7 rings (SSSR count). The Labute approximate surface area is 311 Å². The molecule has 1 aromatic carbocycles. The molecule has 5 aliphatic rings. The van der Waals surface area contributed by atoms with Crippen LogP contribution in [0.15, 0.2) is 37.1 Å². The summed E-state index contributed by atoms with van der Waals surface area (Å²) in [5.41, 5.74) is -0.272. The summed E-state index contributed by atoms with van der Waals surface area (Å²) in [6, 6.07) is 4.93. The fraction of sp³-hybridized carbons (Fsp3) is 0.625. The SMILES string of the molecule is C=C[C@H]1C[C@]1(CC(=O)[C@@H]1C[C@@H]2CN1C(=O)[C@H](C1CCCC1)CC(=O)OC[C@H](C)CCCc1cc3c(nccc3cc1OC)O2)C(=O)NS(=O)(=O)C1CC1. The van der Waals surface area contributed by atoms with Crippen LogP contribution >= 0.6 is 0 Å². The van der Waals surface area contributed by atoms with Gasteiger partial charge in [0.1, 0.15) is 11.9 Å². The van der Waals surface area contributed by atoms with Crippen LogP contribution in [-0.2, 0) is 40.4 Å². The number of hydrogen-bond donors (Lipinski definition) is 1. The predicted octanol–water partition coefficient (Wildman–Crippen LogP) is 5.06. The lowest BCUT2D eigenvalue weighted by Crippen LogP contribution is -2.47. The number of methoxy groups -OCH3 is 1. The number of carbonyl (C=O) groups is 4. The molecule has 3 saturated carbocycles. The van der Waals surface area contributed by atoms with E-state index in [0.717, 1.165) is 67.0 Å². The molecule has 2 aliphatic heterocycles. The topological polar surface area (TPSA) is 158 Å². The van der Waals surface area contributed by atoms with E-state index in [9.17, 15) is 27.6 Å². The minimum Gasteiger partial charge on any atom is -0.496 e. The standard InChI is InChI=1S/C40H51N3O9S/c1-4-28-20-40(28,39(47)42-53(48,49)30-12-13-30)21-34(44)33-18-29-22-43(33)38(46)32(25-9-5-6-10-25)19-36(45)51-23-24(2)8-7-11-27-16-31-26(17-35(27)50-3)14-15-41-37(31)52-29/h4,14-17,24-25,28-30,32-33H,1,5-13,18-23H2,2-3H3,(H,42,47)/t24-,28+,29-,32+,33+,40-/m1/s1. The van der Waals surface area contributed by atoms with Crippen LogP contribution < -0.4 is 14.2 Å². The monoisotopic (exact) mass is 749 g/mol. The maximum atomic E-state index is 14.7. The van der Waals surface area contributed by atoms with Crippen LogP contribution in [0.5, 0.6) is 11.6 Å². The van der Waals surface area contributed by atoms with E-state index >= 15 is 0 Å². The van der Waals surface area contributed by atoms with Crippen molar-refractivity contribution in [2.45, 2.75) is 108 Å². The van der Waals surface area contributed by atoms with Gasteiger partial charge >= 0.3 is 5.97 Å². The first-order valence-corrected chi connectivity index (χ1v) is 20.8. The summed E-state index contributed by atoms with van der Waals surface area (Å²) < 4.78 is 45.9. The number of benzene rings is 1. The lowest BCUT2D eigenvalue weighted by atomic mass is 9.86. The molecule has 53 heavy (non-hydrogen) atoms. The third-order valence-corrected chi connectivity index (χ3v) is 14.0. The number of ether oxygens (including phenoxy) is 3. The van der Waals surface area contributed by atoms with Gasteiger partial charge in [0.25, 0.3) is 0 Å². The molecule has 1 aromatic heterocycles. The van der Waals surface area contributed by atoms with Crippen LogP contribution in [0.3, 0.4) is 0 Å². The number of aryl methyl sites for hydroxylation is 1.